The second-order valence-corrected chi connectivity index (χ2v) is 5.95. The molecule has 1 atom stereocenters. The minimum Gasteiger partial charge on any atom is -0.353 e. The van der Waals surface area contributed by atoms with E-state index in [1.807, 2.05) is 12.1 Å². The van der Waals surface area contributed by atoms with E-state index in [9.17, 15) is 0 Å². The maximum atomic E-state index is 4.50. The molecule has 0 radical (unpaired) electrons. The highest BCUT2D eigenvalue weighted by Gasteiger charge is 2.22. The molecular formula is C18H24N4. The zero-order chi connectivity index (χ0) is 15.4. The molecule has 22 heavy (non-hydrogen) atoms. The lowest BCUT2D eigenvalue weighted by atomic mass is 10.0. The van der Waals surface area contributed by atoms with Crippen molar-refractivity contribution in [3.8, 4) is 0 Å². The number of hydrogen-bond donors (Lipinski definition) is 1. The van der Waals surface area contributed by atoms with Crippen LogP contribution in [0.25, 0.3) is 0 Å². The van der Waals surface area contributed by atoms with Gasteiger partial charge in [-0.3, -0.25) is 0 Å². The number of benzene rings is 1. The van der Waals surface area contributed by atoms with Crippen LogP contribution < -0.4 is 10.2 Å². The van der Waals surface area contributed by atoms with E-state index >= 15 is 0 Å². The number of nitrogens with zero attached hydrogens (tertiary/aromatic N) is 3. The zero-order valence-electron chi connectivity index (χ0n) is 13.4. The Morgan fingerprint density at radius 3 is 2.91 bits per heavy atom. The predicted molar refractivity (Wildman–Crippen MR) is 91.8 cm³/mol. The fourth-order valence-corrected chi connectivity index (χ4v) is 3.15. The van der Waals surface area contributed by atoms with Gasteiger partial charge in [-0.05, 0) is 44.2 Å². The predicted octanol–water partition coefficient (Wildman–Crippen LogP) is 4.30. The van der Waals surface area contributed by atoms with Gasteiger partial charge in [0.15, 0.2) is 0 Å². The summed E-state index contributed by atoms with van der Waals surface area (Å²) in [5, 5.41) is 3.41. The van der Waals surface area contributed by atoms with Crippen molar-refractivity contribution in [3.05, 3.63) is 42.2 Å². The molecule has 0 amide bonds. The Bertz CT molecular complexity index is 626. The summed E-state index contributed by atoms with van der Waals surface area (Å²) in [6.07, 6.45) is 6.68. The van der Waals surface area contributed by atoms with E-state index in [1.165, 1.54) is 31.2 Å². The molecule has 1 aliphatic rings. The number of nitrogens with one attached hydrogen (secondary N) is 1. The van der Waals surface area contributed by atoms with Gasteiger partial charge in [0.25, 0.3) is 0 Å². The molecule has 1 aromatic carbocycles. The monoisotopic (exact) mass is 296 g/mol. The molecule has 0 aliphatic carbocycles. The Balaban J connectivity index is 1.82. The summed E-state index contributed by atoms with van der Waals surface area (Å²) in [7, 11) is 0. The molecule has 0 saturated carbocycles. The van der Waals surface area contributed by atoms with Gasteiger partial charge in [-0.1, -0.05) is 25.1 Å². The Morgan fingerprint density at radius 1 is 1.23 bits per heavy atom. The SMILES string of the molecule is CCC1CCCCN1c1cc(Nc2ccccc2C)ncn1. The molecule has 0 spiro atoms. The highest BCUT2D eigenvalue weighted by Crippen LogP contribution is 2.27. The van der Waals surface area contributed by atoms with Gasteiger partial charge in [0, 0.05) is 24.3 Å². The summed E-state index contributed by atoms with van der Waals surface area (Å²) in [6, 6.07) is 10.9. The van der Waals surface area contributed by atoms with Crippen molar-refractivity contribution < 1.29 is 0 Å². The van der Waals surface area contributed by atoms with Crippen LogP contribution in [-0.4, -0.2) is 22.6 Å². The van der Waals surface area contributed by atoms with Crippen molar-refractivity contribution in [2.45, 2.75) is 45.6 Å². The second kappa shape index (κ2) is 6.77. The first kappa shape index (κ1) is 14.8. The van der Waals surface area contributed by atoms with Crippen LogP contribution in [0.3, 0.4) is 0 Å². The van der Waals surface area contributed by atoms with Crippen LogP contribution in [0.1, 0.15) is 38.2 Å². The van der Waals surface area contributed by atoms with E-state index in [0.29, 0.717) is 6.04 Å². The van der Waals surface area contributed by atoms with Gasteiger partial charge in [0.05, 0.1) is 0 Å². The highest BCUT2D eigenvalue weighted by atomic mass is 15.2. The number of hydrogen-bond acceptors (Lipinski definition) is 4. The summed E-state index contributed by atoms with van der Waals surface area (Å²) in [5.41, 5.74) is 2.31. The molecule has 1 N–H and O–H groups in total. The molecule has 2 heterocycles. The normalized spacial score (nSPS) is 18.3. The summed E-state index contributed by atoms with van der Waals surface area (Å²) in [5.74, 6) is 1.90. The van der Waals surface area contributed by atoms with E-state index in [2.05, 4.69) is 52.2 Å². The third kappa shape index (κ3) is 3.21. The van der Waals surface area contributed by atoms with E-state index in [-0.39, 0.29) is 0 Å². The molecular weight excluding hydrogens is 272 g/mol. The van der Waals surface area contributed by atoms with Crippen LogP contribution in [0, 0.1) is 6.92 Å². The van der Waals surface area contributed by atoms with Crippen molar-refractivity contribution in [1.29, 1.82) is 0 Å². The van der Waals surface area contributed by atoms with Crippen LogP contribution >= 0.6 is 0 Å². The largest absolute Gasteiger partial charge is 0.353 e. The maximum Gasteiger partial charge on any atom is 0.135 e. The van der Waals surface area contributed by atoms with Crippen LogP contribution in [0.15, 0.2) is 36.7 Å². The number of aromatic nitrogens is 2. The van der Waals surface area contributed by atoms with Crippen molar-refractivity contribution >= 4 is 17.3 Å². The maximum absolute atomic E-state index is 4.50. The van der Waals surface area contributed by atoms with Gasteiger partial charge in [-0.2, -0.15) is 0 Å². The van der Waals surface area contributed by atoms with Crippen molar-refractivity contribution in [2.75, 3.05) is 16.8 Å². The molecule has 1 fully saturated rings. The van der Waals surface area contributed by atoms with Gasteiger partial charge >= 0.3 is 0 Å². The molecule has 1 unspecified atom stereocenters. The first-order chi connectivity index (χ1) is 10.8. The summed E-state index contributed by atoms with van der Waals surface area (Å²) in [6.45, 7) is 5.46. The van der Waals surface area contributed by atoms with Crippen LogP contribution in [-0.2, 0) is 0 Å². The van der Waals surface area contributed by atoms with Gasteiger partial charge in [0.2, 0.25) is 0 Å². The fraction of sp³-hybridized carbons (Fsp3) is 0.444. The van der Waals surface area contributed by atoms with Crippen molar-refractivity contribution in [2.24, 2.45) is 0 Å². The van der Waals surface area contributed by atoms with E-state index in [1.54, 1.807) is 6.33 Å². The zero-order valence-corrected chi connectivity index (χ0v) is 13.4. The highest BCUT2D eigenvalue weighted by molar-refractivity contribution is 5.62. The first-order valence-corrected chi connectivity index (χ1v) is 8.19. The van der Waals surface area contributed by atoms with Crippen molar-refractivity contribution in [3.63, 3.8) is 0 Å². The van der Waals surface area contributed by atoms with Gasteiger partial charge < -0.3 is 10.2 Å². The van der Waals surface area contributed by atoms with Crippen LogP contribution in [0.5, 0.6) is 0 Å². The molecule has 2 aromatic rings. The lowest BCUT2D eigenvalue weighted by molar-refractivity contribution is 0.446. The molecule has 3 rings (SSSR count). The molecule has 4 nitrogen and oxygen atoms in total. The smallest absolute Gasteiger partial charge is 0.135 e. The van der Waals surface area contributed by atoms with Crippen LogP contribution in [0.4, 0.5) is 17.3 Å². The topological polar surface area (TPSA) is 41.0 Å². The lowest BCUT2D eigenvalue weighted by Gasteiger charge is -2.36. The average molecular weight is 296 g/mol. The lowest BCUT2D eigenvalue weighted by Crippen LogP contribution is -2.39. The van der Waals surface area contributed by atoms with Gasteiger partial charge in [-0.25, -0.2) is 9.97 Å². The molecule has 4 heteroatoms. The minimum atomic E-state index is 0.606. The molecule has 1 aliphatic heterocycles. The Kier molecular flexibility index (Phi) is 4.56. The number of para-hydroxylation sites is 1. The standard InChI is InChI=1S/C18H24N4/c1-3-15-9-6-7-11-22(15)18-12-17(19-13-20-18)21-16-10-5-4-8-14(16)2/h4-5,8,10,12-13,15H,3,6-7,9,11H2,1-2H3,(H,19,20,21). The van der Waals surface area contributed by atoms with Gasteiger partial charge in [-0.15, -0.1) is 0 Å². The molecule has 1 aromatic heterocycles. The number of rotatable bonds is 4. The minimum absolute atomic E-state index is 0.606. The summed E-state index contributed by atoms with van der Waals surface area (Å²) < 4.78 is 0. The molecule has 1 saturated heterocycles. The number of aryl methyl sites for hydroxylation is 1. The van der Waals surface area contributed by atoms with E-state index in [4.69, 9.17) is 0 Å². The Hall–Kier alpha value is -2.10. The van der Waals surface area contributed by atoms with Crippen LogP contribution in [0.2, 0.25) is 0 Å². The summed E-state index contributed by atoms with van der Waals surface area (Å²) in [4.78, 5) is 11.3. The third-order valence-corrected chi connectivity index (χ3v) is 4.45. The second-order valence-electron chi connectivity index (χ2n) is 5.95. The fourth-order valence-electron chi connectivity index (χ4n) is 3.15. The average Bonchev–Trinajstić information content (AvgIpc) is 2.57. The van der Waals surface area contributed by atoms with E-state index < -0.39 is 0 Å². The molecule has 116 valence electrons. The molecule has 0 bridgehead atoms. The summed E-state index contributed by atoms with van der Waals surface area (Å²) >= 11 is 0. The van der Waals surface area contributed by atoms with Gasteiger partial charge in [0.1, 0.15) is 18.0 Å². The Morgan fingerprint density at radius 2 is 2.09 bits per heavy atom. The number of anilines is 3. The Labute approximate surface area is 132 Å². The van der Waals surface area contributed by atoms with E-state index in [0.717, 1.165) is 23.9 Å². The van der Waals surface area contributed by atoms with Crippen molar-refractivity contribution in [1.82, 2.24) is 9.97 Å². The first-order valence-electron chi connectivity index (χ1n) is 8.19. The number of piperidine rings is 1. The third-order valence-electron chi connectivity index (χ3n) is 4.45. The quantitative estimate of drug-likeness (QED) is 0.913.